The molecule has 2 aliphatic rings. The molecule has 0 radical (unpaired) electrons. The van der Waals surface area contributed by atoms with Gasteiger partial charge in [-0.2, -0.15) is 0 Å². The van der Waals surface area contributed by atoms with Crippen molar-refractivity contribution < 1.29 is 0 Å². The molecule has 1 heterocycles. The lowest BCUT2D eigenvalue weighted by atomic mass is 10.2. The summed E-state index contributed by atoms with van der Waals surface area (Å²) in [5, 5.41) is 3.53. The van der Waals surface area contributed by atoms with E-state index < -0.39 is 0 Å². The fourth-order valence-electron chi connectivity index (χ4n) is 2.21. The van der Waals surface area contributed by atoms with E-state index in [9.17, 15) is 0 Å². The largest absolute Gasteiger partial charge is 0.310 e. The van der Waals surface area contributed by atoms with Gasteiger partial charge in [-0.1, -0.05) is 6.58 Å². The molecular formula is C13H25N3. The Hall–Kier alpha value is -0.380. The van der Waals surface area contributed by atoms with Crippen LogP contribution in [0, 0.1) is 0 Å². The molecule has 0 spiro atoms. The lowest BCUT2D eigenvalue weighted by Gasteiger charge is -2.21. The second-order valence-corrected chi connectivity index (χ2v) is 5.34. The summed E-state index contributed by atoms with van der Waals surface area (Å²) >= 11 is 0. The maximum absolute atomic E-state index is 4.18. The molecule has 0 aromatic carbocycles. The van der Waals surface area contributed by atoms with E-state index in [2.05, 4.69) is 28.7 Å². The summed E-state index contributed by atoms with van der Waals surface area (Å²) in [7, 11) is 2.22. The van der Waals surface area contributed by atoms with Gasteiger partial charge in [0.1, 0.15) is 0 Å². The Balaban J connectivity index is 1.64. The topological polar surface area (TPSA) is 18.5 Å². The predicted molar refractivity (Wildman–Crippen MR) is 68.7 cm³/mol. The highest BCUT2D eigenvalue weighted by Gasteiger charge is 2.20. The number of hydrogen-bond donors (Lipinski definition) is 1. The van der Waals surface area contributed by atoms with Crippen molar-refractivity contribution in [1.29, 1.82) is 0 Å². The third kappa shape index (κ3) is 4.24. The van der Waals surface area contributed by atoms with Gasteiger partial charge in [-0.25, -0.2) is 0 Å². The molecular weight excluding hydrogens is 198 g/mol. The van der Waals surface area contributed by atoms with Crippen LogP contribution in [-0.2, 0) is 0 Å². The van der Waals surface area contributed by atoms with Crippen molar-refractivity contribution in [3.8, 4) is 0 Å². The Morgan fingerprint density at radius 3 is 2.81 bits per heavy atom. The highest BCUT2D eigenvalue weighted by atomic mass is 15.2. The van der Waals surface area contributed by atoms with Crippen molar-refractivity contribution in [3.63, 3.8) is 0 Å². The molecule has 0 aromatic rings. The zero-order chi connectivity index (χ0) is 11.4. The van der Waals surface area contributed by atoms with Crippen LogP contribution >= 0.6 is 0 Å². The molecule has 0 bridgehead atoms. The molecule has 2 fully saturated rings. The van der Waals surface area contributed by atoms with Crippen molar-refractivity contribution >= 4 is 0 Å². The van der Waals surface area contributed by atoms with Crippen molar-refractivity contribution in [2.75, 3.05) is 46.3 Å². The highest BCUT2D eigenvalue weighted by molar-refractivity contribution is 5.02. The zero-order valence-corrected chi connectivity index (χ0v) is 10.5. The molecule has 1 saturated carbocycles. The maximum atomic E-state index is 4.18. The van der Waals surface area contributed by atoms with Crippen LogP contribution in [0.15, 0.2) is 12.2 Å². The second kappa shape index (κ2) is 5.80. The van der Waals surface area contributed by atoms with Crippen molar-refractivity contribution in [2.45, 2.75) is 25.3 Å². The summed E-state index contributed by atoms with van der Waals surface area (Å²) in [6.07, 6.45) is 4.02. The molecule has 2 rings (SSSR count). The van der Waals surface area contributed by atoms with Gasteiger partial charge in [0.2, 0.25) is 0 Å². The first-order valence-electron chi connectivity index (χ1n) is 6.55. The molecule has 1 N–H and O–H groups in total. The van der Waals surface area contributed by atoms with Gasteiger partial charge in [-0.15, -0.1) is 0 Å². The summed E-state index contributed by atoms with van der Waals surface area (Å²) in [4.78, 5) is 4.96. The third-order valence-corrected chi connectivity index (χ3v) is 3.48. The minimum Gasteiger partial charge on any atom is -0.310 e. The highest BCUT2D eigenvalue weighted by Crippen LogP contribution is 2.18. The van der Waals surface area contributed by atoms with Gasteiger partial charge in [0.05, 0.1) is 0 Å². The molecule has 3 heteroatoms. The van der Waals surface area contributed by atoms with Crippen molar-refractivity contribution in [2.24, 2.45) is 0 Å². The average Bonchev–Trinajstić information content (AvgIpc) is 3.05. The molecule has 0 atom stereocenters. The van der Waals surface area contributed by atoms with Crippen LogP contribution in [0.3, 0.4) is 0 Å². The van der Waals surface area contributed by atoms with Gasteiger partial charge < -0.3 is 10.2 Å². The van der Waals surface area contributed by atoms with Crippen LogP contribution in [0.4, 0.5) is 0 Å². The lowest BCUT2D eigenvalue weighted by Crippen LogP contribution is -2.32. The summed E-state index contributed by atoms with van der Waals surface area (Å²) in [5.74, 6) is 0. The van der Waals surface area contributed by atoms with Crippen LogP contribution in [0.1, 0.15) is 19.3 Å². The number of likely N-dealkylation sites (N-methyl/N-ethyl adjacent to an activating group) is 1. The average molecular weight is 223 g/mol. The molecule has 1 aliphatic heterocycles. The number of rotatable bonds is 5. The van der Waals surface area contributed by atoms with E-state index in [1.807, 2.05) is 0 Å². The van der Waals surface area contributed by atoms with Crippen molar-refractivity contribution in [3.05, 3.63) is 12.2 Å². The molecule has 3 nitrogen and oxygen atoms in total. The van der Waals surface area contributed by atoms with Crippen LogP contribution in [0.2, 0.25) is 0 Å². The Morgan fingerprint density at radius 2 is 2.06 bits per heavy atom. The SMILES string of the molecule is C=C(CNC1CC1)CN1CCCN(C)CC1. The standard InChI is InChI=1S/C13H25N3/c1-12(10-14-13-4-5-13)11-16-7-3-6-15(2)8-9-16/h13-14H,1,3-11H2,2H3. The van der Waals surface area contributed by atoms with Crippen LogP contribution in [0.5, 0.6) is 0 Å². The van der Waals surface area contributed by atoms with E-state index in [-0.39, 0.29) is 0 Å². The second-order valence-electron chi connectivity index (χ2n) is 5.34. The first-order valence-corrected chi connectivity index (χ1v) is 6.55. The summed E-state index contributed by atoms with van der Waals surface area (Å²) in [5.41, 5.74) is 1.34. The maximum Gasteiger partial charge on any atom is 0.0203 e. The van der Waals surface area contributed by atoms with E-state index in [1.165, 1.54) is 51.0 Å². The minimum absolute atomic E-state index is 0.798. The van der Waals surface area contributed by atoms with Gasteiger partial charge >= 0.3 is 0 Å². The summed E-state index contributed by atoms with van der Waals surface area (Å²) in [6.45, 7) is 11.1. The molecule has 1 aliphatic carbocycles. The third-order valence-electron chi connectivity index (χ3n) is 3.48. The van der Waals surface area contributed by atoms with Gasteiger partial charge in [-0.3, -0.25) is 4.90 Å². The summed E-state index contributed by atoms with van der Waals surface area (Å²) in [6, 6.07) is 0.798. The summed E-state index contributed by atoms with van der Waals surface area (Å²) < 4.78 is 0. The Kier molecular flexibility index (Phi) is 4.38. The number of hydrogen-bond acceptors (Lipinski definition) is 3. The predicted octanol–water partition coefficient (Wildman–Crippen LogP) is 0.932. The minimum atomic E-state index is 0.798. The fraction of sp³-hybridized carbons (Fsp3) is 0.846. The fourth-order valence-corrected chi connectivity index (χ4v) is 2.21. The van der Waals surface area contributed by atoms with Gasteiger partial charge in [0, 0.05) is 32.2 Å². The molecule has 1 saturated heterocycles. The molecule has 0 aromatic heterocycles. The van der Waals surface area contributed by atoms with Gasteiger partial charge in [0.15, 0.2) is 0 Å². The smallest absolute Gasteiger partial charge is 0.0203 e. The Morgan fingerprint density at radius 1 is 1.25 bits per heavy atom. The lowest BCUT2D eigenvalue weighted by molar-refractivity contribution is 0.293. The Labute approximate surface area is 99.5 Å². The van der Waals surface area contributed by atoms with E-state index >= 15 is 0 Å². The van der Waals surface area contributed by atoms with Crippen LogP contribution in [0.25, 0.3) is 0 Å². The molecule has 0 amide bonds. The van der Waals surface area contributed by atoms with Gasteiger partial charge in [-0.05, 0) is 45.0 Å². The quantitative estimate of drug-likeness (QED) is 0.700. The monoisotopic (exact) mass is 223 g/mol. The molecule has 92 valence electrons. The Bertz CT molecular complexity index is 235. The number of nitrogens with one attached hydrogen (secondary N) is 1. The molecule has 0 unspecified atom stereocenters. The van der Waals surface area contributed by atoms with Gasteiger partial charge in [0.25, 0.3) is 0 Å². The number of nitrogens with zero attached hydrogens (tertiary/aromatic N) is 2. The van der Waals surface area contributed by atoms with E-state index in [1.54, 1.807) is 0 Å². The first-order chi connectivity index (χ1) is 7.74. The van der Waals surface area contributed by atoms with E-state index in [4.69, 9.17) is 0 Å². The first kappa shape index (κ1) is 12.1. The van der Waals surface area contributed by atoms with Crippen molar-refractivity contribution in [1.82, 2.24) is 15.1 Å². The van der Waals surface area contributed by atoms with Crippen LogP contribution in [-0.4, -0.2) is 62.2 Å². The van der Waals surface area contributed by atoms with Crippen LogP contribution < -0.4 is 5.32 Å². The van der Waals surface area contributed by atoms with E-state index in [0.717, 1.165) is 19.1 Å². The zero-order valence-electron chi connectivity index (χ0n) is 10.5. The van der Waals surface area contributed by atoms with E-state index in [0.29, 0.717) is 0 Å². The molecule has 16 heavy (non-hydrogen) atoms. The normalized spacial score (nSPS) is 24.3.